The summed E-state index contributed by atoms with van der Waals surface area (Å²) in [5.74, 6) is -0.265. The van der Waals surface area contributed by atoms with E-state index in [1.165, 1.54) is 10.5 Å². The van der Waals surface area contributed by atoms with Gasteiger partial charge in [-0.1, -0.05) is 39.0 Å². The summed E-state index contributed by atoms with van der Waals surface area (Å²) in [4.78, 5) is 29.0. The number of pyridine rings is 1. The van der Waals surface area contributed by atoms with E-state index in [0.717, 1.165) is 17.7 Å². The second-order valence-corrected chi connectivity index (χ2v) is 7.48. The maximum Gasteiger partial charge on any atom is 0.410 e. The van der Waals surface area contributed by atoms with Crippen molar-refractivity contribution in [3.8, 4) is 5.75 Å². The molecule has 162 valence electrons. The van der Waals surface area contributed by atoms with Crippen LogP contribution >= 0.6 is 0 Å². The number of aromatic nitrogens is 1. The third-order valence-electron chi connectivity index (χ3n) is 4.32. The minimum Gasteiger partial charge on any atom is -0.493 e. The van der Waals surface area contributed by atoms with Gasteiger partial charge >= 0.3 is 12.1 Å². The van der Waals surface area contributed by atoms with Crippen molar-refractivity contribution < 1.29 is 24.2 Å². The predicted octanol–water partition coefficient (Wildman–Crippen LogP) is 3.94. The van der Waals surface area contributed by atoms with E-state index in [4.69, 9.17) is 14.6 Å². The number of hydrogen-bond acceptors (Lipinski definition) is 5. The number of rotatable bonds is 11. The molecule has 2 aromatic rings. The Morgan fingerprint density at radius 3 is 2.60 bits per heavy atom. The molecule has 0 aliphatic heterocycles. The van der Waals surface area contributed by atoms with Crippen molar-refractivity contribution in [3.63, 3.8) is 0 Å². The number of nitrogens with zero attached hydrogens (tertiary/aromatic N) is 2. The predicted molar refractivity (Wildman–Crippen MR) is 113 cm³/mol. The summed E-state index contributed by atoms with van der Waals surface area (Å²) >= 11 is 0. The summed E-state index contributed by atoms with van der Waals surface area (Å²) in [5.41, 5.74) is 2.93. The number of benzene rings is 1. The molecular formula is C23H30N2O5. The highest BCUT2D eigenvalue weighted by atomic mass is 16.6. The molecule has 1 aromatic heterocycles. The van der Waals surface area contributed by atoms with E-state index in [1.54, 1.807) is 6.07 Å². The summed E-state index contributed by atoms with van der Waals surface area (Å²) < 4.78 is 11.0. The molecule has 0 bridgehead atoms. The van der Waals surface area contributed by atoms with Crippen LogP contribution in [0.5, 0.6) is 5.75 Å². The Morgan fingerprint density at radius 2 is 1.97 bits per heavy atom. The van der Waals surface area contributed by atoms with Gasteiger partial charge in [-0.2, -0.15) is 0 Å². The first-order valence-electron chi connectivity index (χ1n) is 10.2. The highest BCUT2D eigenvalue weighted by Gasteiger charge is 2.19. The van der Waals surface area contributed by atoms with Crippen molar-refractivity contribution in [2.75, 3.05) is 19.8 Å². The lowest BCUT2D eigenvalue weighted by Crippen LogP contribution is -2.36. The van der Waals surface area contributed by atoms with Gasteiger partial charge in [0, 0.05) is 24.9 Å². The minimum absolute atomic E-state index is 0.125. The fourth-order valence-corrected chi connectivity index (χ4v) is 2.72. The molecule has 7 heteroatoms. The Hall–Kier alpha value is -3.09. The van der Waals surface area contributed by atoms with Crippen LogP contribution in [-0.4, -0.2) is 46.8 Å². The van der Waals surface area contributed by atoms with Crippen LogP contribution in [0, 0.1) is 5.92 Å². The van der Waals surface area contributed by atoms with Crippen LogP contribution in [0.15, 0.2) is 42.6 Å². The largest absolute Gasteiger partial charge is 0.493 e. The number of carboxylic acid groups (broad SMARTS) is 1. The highest BCUT2D eigenvalue weighted by molar-refractivity contribution is 5.76. The first kappa shape index (κ1) is 23.2. The average Bonchev–Trinajstić information content (AvgIpc) is 2.72. The number of carboxylic acids is 1. The van der Waals surface area contributed by atoms with Crippen LogP contribution in [0.4, 0.5) is 4.79 Å². The van der Waals surface area contributed by atoms with E-state index < -0.39 is 18.6 Å². The molecule has 7 nitrogen and oxygen atoms in total. The smallest absolute Gasteiger partial charge is 0.410 e. The molecule has 0 saturated carbocycles. The second kappa shape index (κ2) is 11.8. The summed E-state index contributed by atoms with van der Waals surface area (Å²) in [5, 5.41) is 9.12. The molecule has 0 aliphatic carbocycles. The van der Waals surface area contributed by atoms with Gasteiger partial charge in [-0.05, 0) is 41.7 Å². The molecule has 0 radical (unpaired) electrons. The van der Waals surface area contributed by atoms with Crippen molar-refractivity contribution in [3.05, 3.63) is 59.4 Å². The number of aliphatic carboxylic acids is 1. The number of carbonyl (C=O) groups excluding carboxylic acids is 1. The number of aryl methyl sites for hydroxylation is 1. The zero-order valence-electron chi connectivity index (χ0n) is 17.8. The summed E-state index contributed by atoms with van der Waals surface area (Å²) in [6.45, 7) is 6.34. The van der Waals surface area contributed by atoms with Gasteiger partial charge in [0.25, 0.3) is 0 Å². The lowest BCUT2D eigenvalue weighted by atomic mass is 10.2. The quantitative estimate of drug-likeness (QED) is 0.599. The number of carbonyl (C=O) groups is 2. The molecule has 0 unspecified atom stereocenters. The van der Waals surface area contributed by atoms with Crippen molar-refractivity contribution in [2.24, 2.45) is 5.92 Å². The Kier molecular flexibility index (Phi) is 9.12. The van der Waals surface area contributed by atoms with E-state index in [1.807, 2.05) is 44.3 Å². The van der Waals surface area contributed by atoms with Crippen LogP contribution in [0.2, 0.25) is 0 Å². The summed E-state index contributed by atoms with van der Waals surface area (Å²) in [6, 6.07) is 11.3. The van der Waals surface area contributed by atoms with Gasteiger partial charge in [0.1, 0.15) is 12.3 Å². The molecule has 2 rings (SSSR count). The zero-order valence-corrected chi connectivity index (χ0v) is 17.8. The van der Waals surface area contributed by atoms with Crippen molar-refractivity contribution in [1.82, 2.24) is 9.88 Å². The second-order valence-electron chi connectivity index (χ2n) is 7.48. The molecule has 30 heavy (non-hydrogen) atoms. The van der Waals surface area contributed by atoms with E-state index in [9.17, 15) is 9.59 Å². The van der Waals surface area contributed by atoms with E-state index in [2.05, 4.69) is 18.0 Å². The van der Waals surface area contributed by atoms with E-state index in [-0.39, 0.29) is 19.1 Å². The maximum atomic E-state index is 12.2. The van der Waals surface area contributed by atoms with Crippen LogP contribution in [0.25, 0.3) is 0 Å². The van der Waals surface area contributed by atoms with Crippen LogP contribution in [0.1, 0.15) is 37.6 Å². The van der Waals surface area contributed by atoms with Crippen LogP contribution in [0.3, 0.4) is 0 Å². The molecular weight excluding hydrogens is 384 g/mol. The van der Waals surface area contributed by atoms with E-state index in [0.29, 0.717) is 18.8 Å². The Labute approximate surface area is 177 Å². The summed E-state index contributed by atoms with van der Waals surface area (Å²) in [7, 11) is 0. The first-order chi connectivity index (χ1) is 14.4. The molecule has 1 amide bonds. The van der Waals surface area contributed by atoms with E-state index >= 15 is 0 Å². The van der Waals surface area contributed by atoms with Gasteiger partial charge in [0.2, 0.25) is 0 Å². The Balaban J connectivity index is 1.94. The monoisotopic (exact) mass is 414 g/mol. The molecule has 1 N–H and O–H groups in total. The van der Waals surface area contributed by atoms with Gasteiger partial charge < -0.3 is 14.6 Å². The van der Waals surface area contributed by atoms with Gasteiger partial charge in [-0.3, -0.25) is 14.7 Å². The molecule has 0 aliphatic rings. The third-order valence-corrected chi connectivity index (χ3v) is 4.32. The molecule has 0 atom stereocenters. The van der Waals surface area contributed by atoms with Crippen LogP contribution < -0.4 is 4.74 Å². The fourth-order valence-electron chi connectivity index (χ4n) is 2.72. The highest BCUT2D eigenvalue weighted by Crippen LogP contribution is 2.16. The van der Waals surface area contributed by atoms with Gasteiger partial charge in [0.05, 0.1) is 13.2 Å². The molecule has 0 spiro atoms. The van der Waals surface area contributed by atoms with Crippen molar-refractivity contribution in [2.45, 2.75) is 40.2 Å². The number of hydrogen-bond donors (Lipinski definition) is 1. The maximum absolute atomic E-state index is 12.2. The van der Waals surface area contributed by atoms with Crippen LogP contribution in [-0.2, 0) is 28.9 Å². The normalized spacial score (nSPS) is 10.7. The fraction of sp³-hybridized carbons (Fsp3) is 0.435. The van der Waals surface area contributed by atoms with Gasteiger partial charge in [-0.25, -0.2) is 4.79 Å². The van der Waals surface area contributed by atoms with Gasteiger partial charge in [-0.15, -0.1) is 0 Å². The molecule has 1 aromatic carbocycles. The third kappa shape index (κ3) is 8.11. The molecule has 0 fully saturated rings. The SMILES string of the molecule is CCc1ccc(CCOc2cccc(CN(CC(=O)O)C(=O)OCC(C)C)c2)nc1. The van der Waals surface area contributed by atoms with Crippen molar-refractivity contribution >= 4 is 12.1 Å². The Bertz CT molecular complexity index is 821. The average molecular weight is 415 g/mol. The standard InChI is InChI=1S/C23H30N2O5/c1-4-18-8-9-20(24-13-18)10-11-29-21-7-5-6-19(12-21)14-25(15-22(26)27)23(28)30-16-17(2)3/h5-9,12-13,17H,4,10-11,14-16H2,1-3H3,(H,26,27). The molecule has 0 saturated heterocycles. The van der Waals surface area contributed by atoms with Crippen molar-refractivity contribution in [1.29, 1.82) is 0 Å². The topological polar surface area (TPSA) is 89.0 Å². The zero-order chi connectivity index (χ0) is 21.9. The lowest BCUT2D eigenvalue weighted by Gasteiger charge is -2.21. The minimum atomic E-state index is -1.09. The van der Waals surface area contributed by atoms with Gasteiger partial charge in [0.15, 0.2) is 0 Å². The number of amides is 1. The number of ether oxygens (including phenoxy) is 2. The Morgan fingerprint density at radius 1 is 1.17 bits per heavy atom. The summed E-state index contributed by atoms with van der Waals surface area (Å²) in [6.07, 6.45) is 2.88. The first-order valence-corrected chi connectivity index (χ1v) is 10.2. The molecule has 1 heterocycles. The lowest BCUT2D eigenvalue weighted by molar-refractivity contribution is -0.138.